The third kappa shape index (κ3) is 2.39. The second-order valence-corrected chi connectivity index (χ2v) is 5.00. The number of pyridine rings is 1. The summed E-state index contributed by atoms with van der Waals surface area (Å²) in [5, 5.41) is 1.91. The summed E-state index contributed by atoms with van der Waals surface area (Å²) in [6.07, 6.45) is 1.76. The smallest absolute Gasteiger partial charge is 0.163 e. The van der Waals surface area contributed by atoms with Gasteiger partial charge in [0.1, 0.15) is 0 Å². The van der Waals surface area contributed by atoms with E-state index < -0.39 is 0 Å². The zero-order valence-electron chi connectivity index (χ0n) is 10.1. The molecule has 5 heteroatoms. The Morgan fingerprint density at radius 1 is 0.947 bits per heavy atom. The van der Waals surface area contributed by atoms with Gasteiger partial charge in [-0.1, -0.05) is 23.2 Å². The van der Waals surface area contributed by atoms with Crippen molar-refractivity contribution in [2.75, 3.05) is 0 Å². The average Bonchev–Trinajstić information content (AvgIpc) is 2.41. The lowest BCUT2D eigenvalue weighted by atomic mass is 10.2. The minimum Gasteiger partial charge on any atom is -0.236 e. The van der Waals surface area contributed by atoms with Crippen LogP contribution >= 0.6 is 23.2 Å². The molecule has 0 atom stereocenters. The number of aryl methyl sites for hydroxylation is 1. The molecular weight excluding hydrogens is 281 g/mol. The summed E-state index contributed by atoms with van der Waals surface area (Å²) in [6.45, 7) is 1.93. The van der Waals surface area contributed by atoms with Gasteiger partial charge in [-0.05, 0) is 37.3 Å². The van der Waals surface area contributed by atoms with Crippen molar-refractivity contribution in [1.82, 2.24) is 15.0 Å². The maximum atomic E-state index is 6.00. The normalized spacial score (nSPS) is 10.9. The van der Waals surface area contributed by atoms with Crippen LogP contribution in [-0.2, 0) is 0 Å². The molecule has 19 heavy (non-hydrogen) atoms. The first-order valence-electron chi connectivity index (χ1n) is 5.69. The van der Waals surface area contributed by atoms with E-state index in [0.29, 0.717) is 21.5 Å². The molecule has 0 bridgehead atoms. The topological polar surface area (TPSA) is 38.7 Å². The van der Waals surface area contributed by atoms with Crippen molar-refractivity contribution in [3.05, 3.63) is 52.3 Å². The number of hydrogen-bond acceptors (Lipinski definition) is 3. The van der Waals surface area contributed by atoms with E-state index in [2.05, 4.69) is 15.0 Å². The molecule has 0 unspecified atom stereocenters. The van der Waals surface area contributed by atoms with Gasteiger partial charge in [0.15, 0.2) is 11.5 Å². The molecule has 2 aromatic heterocycles. The third-order valence-corrected chi connectivity index (χ3v) is 3.50. The molecule has 0 saturated heterocycles. The lowest BCUT2D eigenvalue weighted by Crippen LogP contribution is -1.93. The van der Waals surface area contributed by atoms with E-state index >= 15 is 0 Å². The zero-order valence-corrected chi connectivity index (χ0v) is 11.6. The SMILES string of the molecule is Cc1ccc2cnc(-c3ccc(Cl)c(Cl)c3)nc2n1. The van der Waals surface area contributed by atoms with Gasteiger partial charge in [-0.15, -0.1) is 0 Å². The van der Waals surface area contributed by atoms with E-state index in [1.54, 1.807) is 18.3 Å². The number of aromatic nitrogens is 3. The Morgan fingerprint density at radius 3 is 2.58 bits per heavy atom. The highest BCUT2D eigenvalue weighted by atomic mass is 35.5. The molecule has 0 aliphatic heterocycles. The Kier molecular flexibility index (Phi) is 3.09. The lowest BCUT2D eigenvalue weighted by Gasteiger charge is -2.04. The van der Waals surface area contributed by atoms with Crippen LogP contribution in [0.15, 0.2) is 36.5 Å². The molecule has 3 nitrogen and oxygen atoms in total. The minimum absolute atomic E-state index is 0.486. The molecule has 3 aromatic rings. The van der Waals surface area contributed by atoms with Gasteiger partial charge in [0.2, 0.25) is 0 Å². The molecule has 0 aliphatic carbocycles. The van der Waals surface area contributed by atoms with Gasteiger partial charge in [0, 0.05) is 22.8 Å². The van der Waals surface area contributed by atoms with Crippen molar-refractivity contribution in [2.24, 2.45) is 0 Å². The molecular formula is C14H9Cl2N3. The quantitative estimate of drug-likeness (QED) is 0.670. The van der Waals surface area contributed by atoms with E-state index in [1.807, 2.05) is 25.1 Å². The maximum Gasteiger partial charge on any atom is 0.163 e. The molecule has 0 spiro atoms. The molecule has 2 heterocycles. The van der Waals surface area contributed by atoms with Gasteiger partial charge in [-0.2, -0.15) is 0 Å². The van der Waals surface area contributed by atoms with Gasteiger partial charge in [0.25, 0.3) is 0 Å². The molecule has 3 rings (SSSR count). The second-order valence-electron chi connectivity index (χ2n) is 4.19. The predicted molar refractivity (Wildman–Crippen MR) is 77.5 cm³/mol. The number of rotatable bonds is 1. The first-order valence-corrected chi connectivity index (χ1v) is 6.45. The van der Waals surface area contributed by atoms with Crippen molar-refractivity contribution < 1.29 is 0 Å². The average molecular weight is 290 g/mol. The van der Waals surface area contributed by atoms with Crippen molar-refractivity contribution in [1.29, 1.82) is 0 Å². The summed E-state index contributed by atoms with van der Waals surface area (Å²) in [5.41, 5.74) is 2.42. The monoisotopic (exact) mass is 289 g/mol. The fraction of sp³-hybridized carbons (Fsp3) is 0.0714. The number of halogens is 2. The van der Waals surface area contributed by atoms with Gasteiger partial charge in [-0.25, -0.2) is 15.0 Å². The van der Waals surface area contributed by atoms with Crippen molar-refractivity contribution in [3.63, 3.8) is 0 Å². The van der Waals surface area contributed by atoms with Crippen LogP contribution in [0.1, 0.15) is 5.69 Å². The van der Waals surface area contributed by atoms with E-state index in [1.165, 1.54) is 0 Å². The number of nitrogens with zero attached hydrogens (tertiary/aromatic N) is 3. The molecule has 94 valence electrons. The minimum atomic E-state index is 0.486. The molecule has 0 saturated carbocycles. The summed E-state index contributed by atoms with van der Waals surface area (Å²) in [6, 6.07) is 9.21. The molecule has 0 fully saturated rings. The fourth-order valence-electron chi connectivity index (χ4n) is 1.78. The van der Waals surface area contributed by atoms with Gasteiger partial charge in [0.05, 0.1) is 10.0 Å². The van der Waals surface area contributed by atoms with Gasteiger partial charge < -0.3 is 0 Å². The van der Waals surface area contributed by atoms with Gasteiger partial charge in [-0.3, -0.25) is 0 Å². The van der Waals surface area contributed by atoms with E-state index in [4.69, 9.17) is 23.2 Å². The zero-order chi connectivity index (χ0) is 13.4. The molecule has 0 aliphatic rings. The van der Waals surface area contributed by atoms with Crippen molar-refractivity contribution >= 4 is 34.2 Å². The van der Waals surface area contributed by atoms with E-state index in [-0.39, 0.29) is 0 Å². The Balaban J connectivity index is 2.16. The maximum absolute atomic E-state index is 6.00. The highest BCUT2D eigenvalue weighted by Gasteiger charge is 2.06. The summed E-state index contributed by atoms with van der Waals surface area (Å²) in [7, 11) is 0. The Morgan fingerprint density at radius 2 is 1.79 bits per heavy atom. The van der Waals surface area contributed by atoms with Crippen LogP contribution in [0.2, 0.25) is 10.0 Å². The van der Waals surface area contributed by atoms with Crippen LogP contribution in [0.25, 0.3) is 22.4 Å². The number of fused-ring (bicyclic) bond motifs is 1. The van der Waals surface area contributed by atoms with Crippen LogP contribution in [0.4, 0.5) is 0 Å². The van der Waals surface area contributed by atoms with Crippen LogP contribution in [-0.4, -0.2) is 15.0 Å². The fourth-order valence-corrected chi connectivity index (χ4v) is 2.08. The summed E-state index contributed by atoms with van der Waals surface area (Å²) >= 11 is 11.9. The Bertz CT molecular complexity index is 772. The van der Waals surface area contributed by atoms with E-state index in [9.17, 15) is 0 Å². The molecule has 0 amide bonds. The summed E-state index contributed by atoms with van der Waals surface area (Å²) < 4.78 is 0. The summed E-state index contributed by atoms with van der Waals surface area (Å²) in [5.74, 6) is 0.587. The first kappa shape index (κ1) is 12.3. The summed E-state index contributed by atoms with van der Waals surface area (Å²) in [4.78, 5) is 13.2. The standard InChI is InChI=1S/C14H9Cl2N3/c1-8-2-3-10-7-17-13(19-14(10)18-8)9-4-5-11(15)12(16)6-9/h2-7H,1H3. The Labute approximate surface area is 120 Å². The molecule has 0 N–H and O–H groups in total. The second kappa shape index (κ2) is 4.76. The Hall–Kier alpha value is -1.71. The van der Waals surface area contributed by atoms with E-state index in [0.717, 1.165) is 16.6 Å². The molecule has 1 aromatic carbocycles. The van der Waals surface area contributed by atoms with Crippen LogP contribution in [0, 0.1) is 6.92 Å². The number of benzene rings is 1. The first-order chi connectivity index (χ1) is 9.13. The largest absolute Gasteiger partial charge is 0.236 e. The van der Waals surface area contributed by atoms with Crippen molar-refractivity contribution in [2.45, 2.75) is 6.92 Å². The number of hydrogen-bond donors (Lipinski definition) is 0. The van der Waals surface area contributed by atoms with Crippen molar-refractivity contribution in [3.8, 4) is 11.4 Å². The van der Waals surface area contributed by atoms with Crippen LogP contribution in [0.5, 0.6) is 0 Å². The van der Waals surface area contributed by atoms with Crippen LogP contribution in [0.3, 0.4) is 0 Å². The molecule has 0 radical (unpaired) electrons. The highest BCUT2D eigenvalue weighted by Crippen LogP contribution is 2.27. The third-order valence-electron chi connectivity index (χ3n) is 2.76. The van der Waals surface area contributed by atoms with Gasteiger partial charge >= 0.3 is 0 Å². The predicted octanol–water partition coefficient (Wildman–Crippen LogP) is 4.31. The lowest BCUT2D eigenvalue weighted by molar-refractivity contribution is 1.15. The highest BCUT2D eigenvalue weighted by molar-refractivity contribution is 6.42. The van der Waals surface area contributed by atoms with Crippen LogP contribution < -0.4 is 0 Å².